The van der Waals surface area contributed by atoms with Crippen molar-refractivity contribution in [2.75, 3.05) is 0 Å². The third-order valence-corrected chi connectivity index (χ3v) is 7.16. The number of rotatable bonds is 5. The van der Waals surface area contributed by atoms with Crippen molar-refractivity contribution in [3.05, 3.63) is 37.2 Å². The Labute approximate surface area is 131 Å². The van der Waals surface area contributed by atoms with Gasteiger partial charge in [0.25, 0.3) is 0 Å². The maximum atomic E-state index is 12.4. The highest BCUT2D eigenvalue weighted by Crippen LogP contribution is 2.30. The molecule has 0 aromatic carbocycles. The average molecular weight is 352 g/mol. The lowest BCUT2D eigenvalue weighted by Gasteiger charge is -2.13. The number of aryl methyl sites for hydroxylation is 1. The summed E-state index contributed by atoms with van der Waals surface area (Å²) in [6, 6.07) is 3.16. The van der Waals surface area contributed by atoms with Crippen molar-refractivity contribution >= 4 is 44.3 Å². The number of halogens is 1. The predicted molar refractivity (Wildman–Crippen MR) is 83.0 cm³/mol. The van der Waals surface area contributed by atoms with Crippen LogP contribution in [0, 0.1) is 6.92 Å². The molecule has 1 unspecified atom stereocenters. The second-order valence-electron chi connectivity index (χ2n) is 4.31. The number of thiophene rings is 2. The van der Waals surface area contributed by atoms with Crippen molar-refractivity contribution in [1.29, 1.82) is 0 Å². The van der Waals surface area contributed by atoms with Gasteiger partial charge in [-0.25, -0.2) is 13.1 Å². The van der Waals surface area contributed by atoms with Gasteiger partial charge in [0.1, 0.15) is 4.90 Å². The minimum absolute atomic E-state index is 0.180. The van der Waals surface area contributed by atoms with E-state index in [0.717, 1.165) is 4.88 Å². The molecule has 0 bridgehead atoms. The minimum atomic E-state index is -3.66. The Hall–Kier alpha value is -0.440. The first kappa shape index (κ1) is 15.9. The Bertz CT molecular complexity index is 705. The second-order valence-corrected chi connectivity index (χ2v) is 8.68. The molecule has 20 heavy (non-hydrogen) atoms. The summed E-state index contributed by atoms with van der Waals surface area (Å²) in [5, 5.41) is 11.0. The third kappa shape index (κ3) is 3.24. The van der Waals surface area contributed by atoms with Gasteiger partial charge >= 0.3 is 0 Å². The van der Waals surface area contributed by atoms with Crippen LogP contribution >= 0.6 is 34.3 Å². The topological polar surface area (TPSA) is 66.4 Å². The normalized spacial score (nSPS) is 13.6. The van der Waals surface area contributed by atoms with Crippen molar-refractivity contribution in [1.82, 2.24) is 4.72 Å². The lowest BCUT2D eigenvalue weighted by Crippen LogP contribution is -2.27. The molecule has 2 heterocycles. The summed E-state index contributed by atoms with van der Waals surface area (Å²) in [6.45, 7) is 3.20. The van der Waals surface area contributed by atoms with Crippen LogP contribution in [0.5, 0.6) is 0 Å². The first-order valence-corrected chi connectivity index (χ1v) is 9.36. The van der Waals surface area contributed by atoms with Crippen molar-refractivity contribution in [2.45, 2.75) is 31.4 Å². The molecule has 2 aromatic rings. The molecule has 0 saturated carbocycles. The SMILES string of the molecule is Cc1csc(CO)c1S(=O)(=O)NC(C)c1ccc(Cl)s1. The monoisotopic (exact) mass is 351 g/mol. The van der Waals surface area contributed by atoms with E-state index >= 15 is 0 Å². The number of aliphatic hydroxyl groups excluding tert-OH is 1. The molecule has 4 nitrogen and oxygen atoms in total. The predicted octanol–water partition coefficient (Wildman–Crippen LogP) is 3.30. The van der Waals surface area contributed by atoms with Crippen LogP contribution in [0.1, 0.15) is 28.3 Å². The first-order valence-electron chi connectivity index (χ1n) is 5.80. The van der Waals surface area contributed by atoms with Gasteiger partial charge in [-0.3, -0.25) is 0 Å². The van der Waals surface area contributed by atoms with E-state index in [-0.39, 0.29) is 17.5 Å². The zero-order chi connectivity index (χ0) is 14.9. The molecule has 1 atom stereocenters. The van der Waals surface area contributed by atoms with Gasteiger partial charge in [0.15, 0.2) is 0 Å². The molecule has 0 amide bonds. The molecule has 2 rings (SSSR count). The van der Waals surface area contributed by atoms with Crippen molar-refractivity contribution in [3.8, 4) is 0 Å². The van der Waals surface area contributed by atoms with Gasteiger partial charge in [0.2, 0.25) is 10.0 Å². The minimum Gasteiger partial charge on any atom is -0.391 e. The number of hydrogen-bond donors (Lipinski definition) is 2. The molecule has 0 saturated heterocycles. The molecule has 8 heteroatoms. The Balaban J connectivity index is 2.29. The molecule has 110 valence electrons. The summed E-state index contributed by atoms with van der Waals surface area (Å²) < 4.78 is 28.1. The summed E-state index contributed by atoms with van der Waals surface area (Å²) in [7, 11) is -3.66. The van der Waals surface area contributed by atoms with Gasteiger partial charge in [-0.1, -0.05) is 11.6 Å². The summed E-state index contributed by atoms with van der Waals surface area (Å²) in [6.07, 6.45) is 0. The van der Waals surface area contributed by atoms with Crippen LogP contribution in [-0.2, 0) is 16.6 Å². The Morgan fingerprint density at radius 1 is 1.45 bits per heavy atom. The third-order valence-electron chi connectivity index (χ3n) is 2.75. The lowest BCUT2D eigenvalue weighted by atomic mass is 10.3. The smallest absolute Gasteiger partial charge is 0.242 e. The van der Waals surface area contributed by atoms with Crippen LogP contribution in [0.15, 0.2) is 22.4 Å². The van der Waals surface area contributed by atoms with Crippen LogP contribution < -0.4 is 4.72 Å². The van der Waals surface area contributed by atoms with Gasteiger partial charge in [0, 0.05) is 4.88 Å². The Kier molecular flexibility index (Phi) is 4.88. The molecular weight excluding hydrogens is 338 g/mol. The highest BCUT2D eigenvalue weighted by Gasteiger charge is 2.25. The average Bonchev–Trinajstić information content (AvgIpc) is 2.94. The summed E-state index contributed by atoms with van der Waals surface area (Å²) in [4.78, 5) is 1.47. The van der Waals surface area contributed by atoms with Crippen LogP contribution in [0.3, 0.4) is 0 Å². The molecule has 2 aromatic heterocycles. The first-order chi connectivity index (χ1) is 9.35. The van der Waals surface area contributed by atoms with Crippen LogP contribution in [-0.4, -0.2) is 13.5 Å². The summed E-state index contributed by atoms with van der Waals surface area (Å²) in [5.74, 6) is 0. The van der Waals surface area contributed by atoms with Gasteiger partial charge < -0.3 is 5.11 Å². The van der Waals surface area contributed by atoms with Crippen LogP contribution in [0.4, 0.5) is 0 Å². The highest BCUT2D eigenvalue weighted by atomic mass is 35.5. The van der Waals surface area contributed by atoms with E-state index in [1.54, 1.807) is 31.4 Å². The molecule has 0 aliphatic rings. The zero-order valence-corrected chi connectivity index (χ0v) is 14.1. The number of nitrogens with one attached hydrogen (secondary N) is 1. The fourth-order valence-electron chi connectivity index (χ4n) is 1.87. The van der Waals surface area contributed by atoms with Gasteiger partial charge in [-0.05, 0) is 36.9 Å². The molecule has 0 radical (unpaired) electrons. The second kappa shape index (κ2) is 6.13. The molecular formula is C12H14ClNO3S3. The lowest BCUT2D eigenvalue weighted by molar-refractivity contribution is 0.282. The van der Waals surface area contributed by atoms with Crippen molar-refractivity contribution in [2.24, 2.45) is 0 Å². The molecule has 0 aliphatic carbocycles. The summed E-state index contributed by atoms with van der Waals surface area (Å²) >= 11 is 8.44. The van der Waals surface area contributed by atoms with E-state index in [1.807, 2.05) is 0 Å². The van der Waals surface area contributed by atoms with Gasteiger partial charge in [0.05, 0.1) is 21.9 Å². The van der Waals surface area contributed by atoms with E-state index in [2.05, 4.69) is 4.72 Å². The maximum absolute atomic E-state index is 12.4. The van der Waals surface area contributed by atoms with Gasteiger partial charge in [-0.15, -0.1) is 22.7 Å². The number of hydrogen-bond acceptors (Lipinski definition) is 5. The fraction of sp³-hybridized carbons (Fsp3) is 0.333. The fourth-order valence-corrected chi connectivity index (χ4v) is 5.89. The standard InChI is InChI=1S/C12H14ClNO3S3/c1-7-6-18-10(5-15)12(7)20(16,17)14-8(2)9-3-4-11(13)19-9/h3-4,6,8,14-15H,5H2,1-2H3. The van der Waals surface area contributed by atoms with Crippen molar-refractivity contribution in [3.63, 3.8) is 0 Å². The molecule has 0 fully saturated rings. The van der Waals surface area contributed by atoms with Crippen LogP contribution in [0.25, 0.3) is 0 Å². The zero-order valence-electron chi connectivity index (χ0n) is 10.9. The summed E-state index contributed by atoms with van der Waals surface area (Å²) in [5.41, 5.74) is 0.642. The number of sulfonamides is 1. The number of aliphatic hydroxyl groups is 1. The quantitative estimate of drug-likeness (QED) is 0.868. The van der Waals surface area contributed by atoms with E-state index in [9.17, 15) is 13.5 Å². The van der Waals surface area contributed by atoms with Crippen LogP contribution in [0.2, 0.25) is 4.34 Å². The maximum Gasteiger partial charge on any atom is 0.242 e. The van der Waals surface area contributed by atoms with E-state index < -0.39 is 10.0 Å². The largest absolute Gasteiger partial charge is 0.391 e. The van der Waals surface area contributed by atoms with Crippen molar-refractivity contribution < 1.29 is 13.5 Å². The van der Waals surface area contributed by atoms with E-state index in [4.69, 9.17) is 11.6 Å². The molecule has 0 aliphatic heterocycles. The molecule has 2 N–H and O–H groups in total. The highest BCUT2D eigenvalue weighted by molar-refractivity contribution is 7.89. The van der Waals surface area contributed by atoms with E-state index in [1.165, 1.54) is 22.7 Å². The molecule has 0 spiro atoms. The Morgan fingerprint density at radius 2 is 2.15 bits per heavy atom. The van der Waals surface area contributed by atoms with Gasteiger partial charge in [-0.2, -0.15) is 0 Å². The van der Waals surface area contributed by atoms with E-state index in [0.29, 0.717) is 14.8 Å². The Morgan fingerprint density at radius 3 is 2.70 bits per heavy atom.